The predicted molar refractivity (Wildman–Crippen MR) is 83.2 cm³/mol. The number of carbonyl (C=O) groups is 2. The van der Waals surface area contributed by atoms with Crippen molar-refractivity contribution in [3.05, 3.63) is 24.2 Å². The molecule has 1 aliphatic carbocycles. The summed E-state index contributed by atoms with van der Waals surface area (Å²) in [6.45, 7) is 3.81. The largest absolute Gasteiger partial charge is 0.459 e. The molecule has 0 spiro atoms. The first kappa shape index (κ1) is 16.5. The number of amides is 2. The second-order valence-electron chi connectivity index (χ2n) is 6.29. The summed E-state index contributed by atoms with van der Waals surface area (Å²) in [5.74, 6) is -0.313. The highest BCUT2D eigenvalue weighted by Crippen LogP contribution is 2.17. The molecule has 1 aliphatic rings. The second kappa shape index (κ2) is 7.45. The van der Waals surface area contributed by atoms with Gasteiger partial charge in [-0.05, 0) is 43.7 Å². The van der Waals surface area contributed by atoms with Crippen molar-refractivity contribution in [1.29, 1.82) is 0 Å². The molecule has 4 N–H and O–H groups in total. The number of nitrogens with one attached hydrogen (secondary N) is 2. The quantitative estimate of drug-likeness (QED) is 0.766. The lowest BCUT2D eigenvalue weighted by Crippen LogP contribution is -2.53. The van der Waals surface area contributed by atoms with Crippen LogP contribution < -0.4 is 16.4 Å². The van der Waals surface area contributed by atoms with E-state index in [1.807, 2.05) is 13.8 Å². The fourth-order valence-corrected chi connectivity index (χ4v) is 2.71. The number of hydrogen-bond donors (Lipinski definition) is 3. The fraction of sp³-hybridized carbons (Fsp3) is 0.625. The van der Waals surface area contributed by atoms with E-state index in [0.29, 0.717) is 0 Å². The Bertz CT molecular complexity index is 491. The van der Waals surface area contributed by atoms with Gasteiger partial charge < -0.3 is 20.8 Å². The molecule has 0 bridgehead atoms. The molecule has 2 amide bonds. The lowest BCUT2D eigenvalue weighted by molar-refractivity contribution is -0.124. The summed E-state index contributed by atoms with van der Waals surface area (Å²) in [5.41, 5.74) is 5.88. The van der Waals surface area contributed by atoms with Crippen LogP contribution >= 0.6 is 0 Å². The van der Waals surface area contributed by atoms with Crippen LogP contribution in [0.3, 0.4) is 0 Å². The number of rotatable bonds is 5. The average Bonchev–Trinajstić information content (AvgIpc) is 3.00. The third-order valence-electron chi connectivity index (χ3n) is 4.10. The van der Waals surface area contributed by atoms with Crippen molar-refractivity contribution in [2.45, 2.75) is 57.7 Å². The van der Waals surface area contributed by atoms with E-state index in [2.05, 4.69) is 10.6 Å². The lowest BCUT2D eigenvalue weighted by Gasteiger charge is -2.29. The van der Waals surface area contributed by atoms with Crippen molar-refractivity contribution in [3.8, 4) is 0 Å². The minimum atomic E-state index is -0.576. The smallest absolute Gasteiger partial charge is 0.287 e. The molecule has 0 aromatic carbocycles. The van der Waals surface area contributed by atoms with Gasteiger partial charge in [-0.15, -0.1) is 0 Å². The summed E-state index contributed by atoms with van der Waals surface area (Å²) >= 11 is 0. The minimum absolute atomic E-state index is 0.00948. The van der Waals surface area contributed by atoms with Gasteiger partial charge in [-0.3, -0.25) is 9.59 Å². The molecule has 1 aromatic rings. The van der Waals surface area contributed by atoms with E-state index in [1.165, 1.54) is 6.26 Å². The molecule has 2 rings (SSSR count). The van der Waals surface area contributed by atoms with Crippen molar-refractivity contribution < 1.29 is 14.0 Å². The highest BCUT2D eigenvalue weighted by Gasteiger charge is 2.28. The van der Waals surface area contributed by atoms with Crippen LogP contribution in [0.25, 0.3) is 0 Å². The van der Waals surface area contributed by atoms with Crippen molar-refractivity contribution in [3.63, 3.8) is 0 Å². The molecule has 0 saturated heterocycles. The van der Waals surface area contributed by atoms with Crippen LogP contribution in [0.2, 0.25) is 0 Å². The van der Waals surface area contributed by atoms with Gasteiger partial charge in [0.2, 0.25) is 5.91 Å². The fourth-order valence-electron chi connectivity index (χ4n) is 2.71. The van der Waals surface area contributed by atoms with E-state index in [1.54, 1.807) is 12.1 Å². The van der Waals surface area contributed by atoms with Gasteiger partial charge >= 0.3 is 0 Å². The summed E-state index contributed by atoms with van der Waals surface area (Å²) in [6.07, 6.45) is 5.07. The summed E-state index contributed by atoms with van der Waals surface area (Å²) in [5, 5.41) is 5.78. The van der Waals surface area contributed by atoms with E-state index in [-0.39, 0.29) is 35.6 Å². The van der Waals surface area contributed by atoms with Gasteiger partial charge in [0, 0.05) is 12.1 Å². The van der Waals surface area contributed by atoms with Crippen LogP contribution in [0, 0.1) is 5.92 Å². The standard InChI is InChI=1S/C16H25N3O3/c1-10(2)14(19-15(20)13-4-3-9-22-13)16(21)18-12-7-5-11(17)6-8-12/h3-4,9-12,14H,5-8,17H2,1-2H3,(H,18,21)(H,19,20). The second-order valence-corrected chi connectivity index (χ2v) is 6.29. The molecule has 1 saturated carbocycles. The van der Waals surface area contributed by atoms with E-state index < -0.39 is 6.04 Å². The van der Waals surface area contributed by atoms with E-state index >= 15 is 0 Å². The van der Waals surface area contributed by atoms with E-state index in [9.17, 15) is 9.59 Å². The predicted octanol–water partition coefficient (Wildman–Crippen LogP) is 1.42. The Morgan fingerprint density at radius 3 is 2.50 bits per heavy atom. The highest BCUT2D eigenvalue weighted by atomic mass is 16.3. The Morgan fingerprint density at radius 2 is 1.95 bits per heavy atom. The maximum absolute atomic E-state index is 12.5. The van der Waals surface area contributed by atoms with Crippen LogP contribution in [0.1, 0.15) is 50.1 Å². The molecule has 1 aromatic heterocycles. The lowest BCUT2D eigenvalue weighted by atomic mass is 9.91. The zero-order chi connectivity index (χ0) is 16.1. The highest BCUT2D eigenvalue weighted by molar-refractivity contribution is 5.95. The number of carbonyl (C=O) groups excluding carboxylic acids is 2. The van der Waals surface area contributed by atoms with Crippen molar-refractivity contribution >= 4 is 11.8 Å². The Labute approximate surface area is 130 Å². The number of hydrogen-bond acceptors (Lipinski definition) is 4. The molecule has 22 heavy (non-hydrogen) atoms. The van der Waals surface area contributed by atoms with Crippen LogP contribution in [-0.4, -0.2) is 29.9 Å². The van der Waals surface area contributed by atoms with E-state index in [4.69, 9.17) is 10.2 Å². The Hall–Kier alpha value is -1.82. The SMILES string of the molecule is CC(C)C(NC(=O)c1ccco1)C(=O)NC1CCC(N)CC1. The monoisotopic (exact) mass is 307 g/mol. The van der Waals surface area contributed by atoms with Gasteiger partial charge in [0.15, 0.2) is 5.76 Å². The molecule has 1 atom stereocenters. The van der Waals surface area contributed by atoms with Crippen LogP contribution in [0.5, 0.6) is 0 Å². The van der Waals surface area contributed by atoms with Gasteiger partial charge in [0.1, 0.15) is 6.04 Å². The third-order valence-corrected chi connectivity index (χ3v) is 4.10. The Morgan fingerprint density at radius 1 is 1.27 bits per heavy atom. The maximum atomic E-state index is 12.5. The molecule has 6 heteroatoms. The van der Waals surface area contributed by atoms with Gasteiger partial charge in [-0.1, -0.05) is 13.8 Å². The average molecular weight is 307 g/mol. The van der Waals surface area contributed by atoms with Crippen LogP contribution in [0.4, 0.5) is 0 Å². The molecule has 0 radical (unpaired) electrons. The summed E-state index contributed by atoms with van der Waals surface area (Å²) in [4.78, 5) is 24.5. The summed E-state index contributed by atoms with van der Waals surface area (Å²) < 4.78 is 5.06. The van der Waals surface area contributed by atoms with Gasteiger partial charge in [-0.2, -0.15) is 0 Å². The molecule has 1 heterocycles. The van der Waals surface area contributed by atoms with Crippen molar-refractivity contribution in [2.24, 2.45) is 11.7 Å². The zero-order valence-electron chi connectivity index (χ0n) is 13.2. The van der Waals surface area contributed by atoms with Crippen molar-refractivity contribution in [2.75, 3.05) is 0 Å². The maximum Gasteiger partial charge on any atom is 0.287 e. The van der Waals surface area contributed by atoms with Gasteiger partial charge in [0.05, 0.1) is 6.26 Å². The van der Waals surface area contributed by atoms with Gasteiger partial charge in [0.25, 0.3) is 5.91 Å². The molecule has 1 fully saturated rings. The normalized spacial score (nSPS) is 23.1. The molecular weight excluding hydrogens is 282 g/mol. The Kier molecular flexibility index (Phi) is 5.60. The first-order valence-corrected chi connectivity index (χ1v) is 7.87. The summed E-state index contributed by atoms with van der Waals surface area (Å²) in [7, 11) is 0. The first-order valence-electron chi connectivity index (χ1n) is 7.87. The van der Waals surface area contributed by atoms with Crippen LogP contribution in [-0.2, 0) is 4.79 Å². The third kappa shape index (κ3) is 4.34. The molecule has 1 unspecified atom stereocenters. The summed E-state index contributed by atoms with van der Waals surface area (Å²) in [6, 6.07) is 3.03. The topological polar surface area (TPSA) is 97.4 Å². The molecular formula is C16H25N3O3. The molecule has 0 aliphatic heterocycles. The van der Waals surface area contributed by atoms with Crippen LogP contribution in [0.15, 0.2) is 22.8 Å². The van der Waals surface area contributed by atoms with Crippen molar-refractivity contribution in [1.82, 2.24) is 10.6 Å². The zero-order valence-corrected chi connectivity index (χ0v) is 13.2. The molecule has 6 nitrogen and oxygen atoms in total. The minimum Gasteiger partial charge on any atom is -0.459 e. The number of furan rings is 1. The van der Waals surface area contributed by atoms with E-state index in [0.717, 1.165) is 25.7 Å². The first-order chi connectivity index (χ1) is 10.5. The van der Waals surface area contributed by atoms with Gasteiger partial charge in [-0.25, -0.2) is 0 Å². The Balaban J connectivity index is 1.92. The molecule has 122 valence electrons. The number of nitrogens with two attached hydrogens (primary N) is 1.